The third-order valence-electron chi connectivity index (χ3n) is 6.38. The van der Waals surface area contributed by atoms with Crippen molar-refractivity contribution in [1.82, 2.24) is 4.57 Å². The number of halogens is 2. The van der Waals surface area contributed by atoms with E-state index < -0.39 is 17.7 Å². The van der Waals surface area contributed by atoms with Crippen LogP contribution in [0, 0.1) is 18.3 Å². The van der Waals surface area contributed by atoms with Gasteiger partial charge in [0.05, 0.1) is 24.4 Å². The van der Waals surface area contributed by atoms with Gasteiger partial charge in [-0.05, 0) is 56.2 Å². The van der Waals surface area contributed by atoms with Crippen LogP contribution in [0.1, 0.15) is 55.4 Å². The molecule has 210 valence electrons. The zero-order valence-electron chi connectivity index (χ0n) is 22.6. The Bertz CT molecular complexity index is 1730. The van der Waals surface area contributed by atoms with Crippen molar-refractivity contribution in [2.75, 3.05) is 13.2 Å². The molecular formula is C31H26Cl2N2O5S. The van der Waals surface area contributed by atoms with E-state index in [4.69, 9.17) is 32.7 Å². The predicted molar refractivity (Wildman–Crippen MR) is 161 cm³/mol. The highest BCUT2D eigenvalue weighted by Gasteiger charge is 2.28. The zero-order chi connectivity index (χ0) is 29.7. The van der Waals surface area contributed by atoms with E-state index in [1.807, 2.05) is 47.2 Å². The molecule has 0 aliphatic heterocycles. The van der Waals surface area contributed by atoms with E-state index in [0.29, 0.717) is 32.6 Å². The molecule has 7 nitrogen and oxygen atoms in total. The number of aromatic nitrogens is 1. The summed E-state index contributed by atoms with van der Waals surface area (Å²) in [6, 6.07) is 15.0. The van der Waals surface area contributed by atoms with Crippen LogP contribution >= 0.6 is 34.5 Å². The molecule has 0 N–H and O–H groups in total. The molecule has 2 heterocycles. The number of esters is 2. The molecule has 4 aromatic rings. The number of carbonyl (C=O) groups is 3. The standard InChI is InChI=1S/C31H26Cl2N2O5S/c1-4-39-30(37)28-18(3)29(31(38)40-5-2)41-27(28)14-26(36)20(15-34)12-21-17-35(25-9-7-6-8-23(21)25)16-19-10-11-22(32)13-24(19)33/h6-13,17H,4-5,14,16H2,1-3H3/b20-12+. The smallest absolute Gasteiger partial charge is 0.348 e. The monoisotopic (exact) mass is 608 g/mol. The molecule has 0 amide bonds. The first kappa shape index (κ1) is 30.1. The lowest BCUT2D eigenvalue weighted by atomic mass is 10.0. The molecule has 0 unspecified atom stereocenters. The number of nitrogens with zero attached hydrogens (tertiary/aromatic N) is 2. The van der Waals surface area contributed by atoms with Crippen LogP contribution in [-0.2, 0) is 27.2 Å². The van der Waals surface area contributed by atoms with Gasteiger partial charge in [-0.25, -0.2) is 9.59 Å². The summed E-state index contributed by atoms with van der Waals surface area (Å²) < 4.78 is 12.3. The summed E-state index contributed by atoms with van der Waals surface area (Å²) in [7, 11) is 0. The number of hydrogen-bond acceptors (Lipinski definition) is 7. The molecule has 0 radical (unpaired) electrons. The van der Waals surface area contributed by atoms with Crippen LogP contribution in [0.3, 0.4) is 0 Å². The van der Waals surface area contributed by atoms with Gasteiger partial charge < -0.3 is 14.0 Å². The molecule has 0 aliphatic rings. The van der Waals surface area contributed by atoms with Gasteiger partial charge in [-0.2, -0.15) is 5.26 Å². The van der Waals surface area contributed by atoms with Crippen molar-refractivity contribution in [2.45, 2.75) is 33.7 Å². The van der Waals surface area contributed by atoms with Crippen LogP contribution in [-0.4, -0.2) is 35.5 Å². The molecule has 10 heteroatoms. The van der Waals surface area contributed by atoms with Crippen molar-refractivity contribution >= 4 is 69.2 Å². The first-order chi connectivity index (χ1) is 19.7. The summed E-state index contributed by atoms with van der Waals surface area (Å²) in [6.07, 6.45) is 3.15. The molecule has 0 spiro atoms. The van der Waals surface area contributed by atoms with E-state index in [2.05, 4.69) is 0 Å². The summed E-state index contributed by atoms with van der Waals surface area (Å²) in [4.78, 5) is 39.2. The molecule has 41 heavy (non-hydrogen) atoms. The minimum Gasteiger partial charge on any atom is -0.462 e. The quantitative estimate of drug-likeness (QED) is 0.105. The van der Waals surface area contributed by atoms with E-state index in [0.717, 1.165) is 27.8 Å². The molecule has 0 fully saturated rings. The molecule has 0 atom stereocenters. The number of allylic oxidation sites excluding steroid dienone is 1. The van der Waals surface area contributed by atoms with E-state index >= 15 is 0 Å². The Hall–Kier alpha value is -3.90. The van der Waals surface area contributed by atoms with E-state index in [-0.39, 0.29) is 35.6 Å². The summed E-state index contributed by atoms with van der Waals surface area (Å²) in [5.41, 5.74) is 2.89. The Morgan fingerprint density at radius 3 is 2.44 bits per heavy atom. The summed E-state index contributed by atoms with van der Waals surface area (Å²) >= 11 is 13.5. The van der Waals surface area contributed by atoms with E-state index in [9.17, 15) is 19.6 Å². The number of thiophene rings is 1. The number of fused-ring (bicyclic) bond motifs is 1. The molecule has 2 aromatic carbocycles. The molecular weight excluding hydrogens is 583 g/mol. The van der Waals surface area contributed by atoms with Crippen LogP contribution in [0.4, 0.5) is 0 Å². The van der Waals surface area contributed by atoms with Crippen LogP contribution in [0.2, 0.25) is 10.0 Å². The molecule has 4 rings (SSSR count). The Balaban J connectivity index is 1.71. The fourth-order valence-electron chi connectivity index (χ4n) is 4.49. The minimum atomic E-state index is -0.633. The summed E-state index contributed by atoms with van der Waals surface area (Å²) in [5, 5.41) is 11.9. The van der Waals surface area contributed by atoms with Crippen molar-refractivity contribution in [2.24, 2.45) is 0 Å². The largest absolute Gasteiger partial charge is 0.462 e. The number of benzene rings is 2. The van der Waals surface area contributed by atoms with Crippen molar-refractivity contribution in [3.05, 3.63) is 96.3 Å². The highest BCUT2D eigenvalue weighted by atomic mass is 35.5. The number of hydrogen-bond donors (Lipinski definition) is 0. The van der Waals surface area contributed by atoms with Crippen molar-refractivity contribution < 1.29 is 23.9 Å². The lowest BCUT2D eigenvalue weighted by Crippen LogP contribution is -2.12. The van der Waals surface area contributed by atoms with Crippen LogP contribution in [0.15, 0.2) is 54.2 Å². The number of rotatable bonds is 10. The van der Waals surface area contributed by atoms with Gasteiger partial charge >= 0.3 is 11.9 Å². The topological polar surface area (TPSA) is 98.4 Å². The van der Waals surface area contributed by atoms with Crippen LogP contribution in [0.25, 0.3) is 17.0 Å². The minimum absolute atomic E-state index is 0.0871. The second kappa shape index (κ2) is 13.2. The number of carbonyl (C=O) groups excluding carboxylic acids is 3. The fourth-order valence-corrected chi connectivity index (χ4v) is 6.14. The van der Waals surface area contributed by atoms with Crippen LogP contribution in [0.5, 0.6) is 0 Å². The van der Waals surface area contributed by atoms with Gasteiger partial charge in [0.1, 0.15) is 10.9 Å². The number of nitriles is 1. The molecule has 0 saturated carbocycles. The first-order valence-corrected chi connectivity index (χ1v) is 14.4. The highest BCUT2D eigenvalue weighted by Crippen LogP contribution is 2.32. The molecule has 0 aliphatic carbocycles. The lowest BCUT2D eigenvalue weighted by molar-refractivity contribution is -0.114. The Morgan fingerprint density at radius 2 is 1.76 bits per heavy atom. The van der Waals surface area contributed by atoms with E-state index in [1.54, 1.807) is 39.0 Å². The zero-order valence-corrected chi connectivity index (χ0v) is 25.0. The lowest BCUT2D eigenvalue weighted by Gasteiger charge is -2.08. The fraction of sp³-hybridized carbons (Fsp3) is 0.226. The number of ketones is 1. The second-order valence-corrected chi connectivity index (χ2v) is 11.0. The maximum atomic E-state index is 13.4. The average molecular weight is 610 g/mol. The Labute approximate surface area is 251 Å². The maximum absolute atomic E-state index is 13.4. The van der Waals surface area contributed by atoms with Gasteiger partial charge in [0, 0.05) is 50.6 Å². The molecule has 0 bridgehead atoms. The highest BCUT2D eigenvalue weighted by molar-refractivity contribution is 7.14. The van der Waals surface area contributed by atoms with Crippen LogP contribution < -0.4 is 0 Å². The SMILES string of the molecule is CCOC(=O)c1sc(CC(=O)/C(C#N)=C/c2cn(Cc3ccc(Cl)cc3Cl)c3ccccc23)c(C(=O)OCC)c1C. The summed E-state index contributed by atoms with van der Waals surface area (Å²) in [6.45, 7) is 5.72. The second-order valence-electron chi connectivity index (χ2n) is 9.03. The third-order valence-corrected chi connectivity index (χ3v) is 8.24. The van der Waals surface area contributed by atoms with Gasteiger partial charge in [-0.15, -0.1) is 11.3 Å². The molecule has 0 saturated heterocycles. The Kier molecular flexibility index (Phi) is 9.66. The van der Waals surface area contributed by atoms with Crippen molar-refractivity contribution in [3.63, 3.8) is 0 Å². The first-order valence-electron chi connectivity index (χ1n) is 12.8. The summed E-state index contributed by atoms with van der Waals surface area (Å²) in [5.74, 6) is -1.71. The number of ether oxygens (including phenoxy) is 2. The van der Waals surface area contributed by atoms with Gasteiger partial charge in [0.25, 0.3) is 0 Å². The maximum Gasteiger partial charge on any atom is 0.348 e. The predicted octanol–water partition coefficient (Wildman–Crippen LogP) is 7.44. The average Bonchev–Trinajstić information content (AvgIpc) is 3.45. The number of para-hydroxylation sites is 1. The van der Waals surface area contributed by atoms with Gasteiger partial charge in [0.15, 0.2) is 5.78 Å². The third kappa shape index (κ3) is 6.54. The molecule has 2 aromatic heterocycles. The van der Waals surface area contributed by atoms with Gasteiger partial charge in [0.2, 0.25) is 0 Å². The normalized spacial score (nSPS) is 11.4. The van der Waals surface area contributed by atoms with Gasteiger partial charge in [-0.1, -0.05) is 47.5 Å². The van der Waals surface area contributed by atoms with Crippen molar-refractivity contribution in [3.8, 4) is 6.07 Å². The Morgan fingerprint density at radius 1 is 1.05 bits per heavy atom. The van der Waals surface area contributed by atoms with Crippen molar-refractivity contribution in [1.29, 1.82) is 5.26 Å². The van der Waals surface area contributed by atoms with Gasteiger partial charge in [-0.3, -0.25) is 4.79 Å². The van der Waals surface area contributed by atoms with E-state index in [1.165, 1.54) is 0 Å². The number of Topliss-reactive ketones (excluding diaryl/α,β-unsaturated/α-hetero) is 1.